The highest BCUT2D eigenvalue weighted by atomic mass is 32.1. The van der Waals surface area contributed by atoms with Crippen LogP contribution < -0.4 is 10.1 Å². The number of nitrogens with zero attached hydrogens (tertiary/aromatic N) is 8. The third-order valence-corrected chi connectivity index (χ3v) is 16.2. The van der Waals surface area contributed by atoms with Crippen LogP contribution in [-0.2, 0) is 43.9 Å². The Labute approximate surface area is 455 Å². The molecule has 19 heteroatoms. The average molecular weight is 1100 g/mol. The summed E-state index contributed by atoms with van der Waals surface area (Å²) in [7, 11) is 1.86. The molecule has 2 fully saturated rings. The number of carbonyl (C=O) groups excluding carboxylic acids is 2. The average Bonchev–Trinajstić information content (AvgIpc) is 3.84. The summed E-state index contributed by atoms with van der Waals surface area (Å²) in [5.41, 5.74) is 5.91. The number of hydrogen-bond donors (Lipinski definition) is 1. The number of allylic oxidation sites excluding steroid dienone is 1. The number of pyridine rings is 1. The monoisotopic (exact) mass is 1100 g/mol. The number of amides is 1. The number of rotatable bonds is 16. The topological polar surface area (TPSA) is 131 Å². The van der Waals surface area contributed by atoms with E-state index in [0.717, 1.165) is 162 Å². The van der Waals surface area contributed by atoms with Gasteiger partial charge in [-0.15, -0.1) is 0 Å². The Morgan fingerprint density at radius 1 is 0.766 bits per heavy atom. The first-order valence-electron chi connectivity index (χ1n) is 26.4. The number of nitrogens with one attached hydrogen (secondary N) is 1. The predicted molar refractivity (Wildman–Crippen MR) is 294 cm³/mol. The van der Waals surface area contributed by atoms with Crippen molar-refractivity contribution in [3.8, 4) is 5.19 Å². The molecule has 4 aliphatic rings. The van der Waals surface area contributed by atoms with Gasteiger partial charge in [0.05, 0.1) is 16.8 Å². The zero-order valence-electron chi connectivity index (χ0n) is 42.5. The molecule has 4 aromatic heterocycles. The normalized spacial score (nSPS) is 20.2. The quantitative estimate of drug-likeness (QED) is 0.0752. The Morgan fingerprint density at radius 2 is 1.39 bits per heavy atom. The van der Waals surface area contributed by atoms with Gasteiger partial charge in [0.1, 0.15) is 5.82 Å². The number of carbonyl (C=O) groups is 2. The first kappa shape index (κ1) is 62.6. The van der Waals surface area contributed by atoms with Gasteiger partial charge < -0.3 is 19.9 Å². The maximum absolute atomic E-state index is 13.0. The first-order valence-corrected chi connectivity index (χ1v) is 27.2. The highest BCUT2D eigenvalue weighted by Crippen LogP contribution is 2.35. The van der Waals surface area contributed by atoms with Crippen molar-refractivity contribution in [2.45, 2.75) is 157 Å². The van der Waals surface area contributed by atoms with Gasteiger partial charge in [-0.25, -0.2) is 15.0 Å². The molecule has 1 N–H and O–H groups in total. The van der Waals surface area contributed by atoms with E-state index >= 15 is 0 Å². The Kier molecular flexibility index (Phi) is 23.6. The van der Waals surface area contributed by atoms with Crippen molar-refractivity contribution in [1.29, 1.82) is 0 Å². The van der Waals surface area contributed by atoms with E-state index in [1.807, 2.05) is 44.4 Å². The van der Waals surface area contributed by atoms with E-state index in [2.05, 4.69) is 40.2 Å². The molecule has 0 bridgehead atoms. The van der Waals surface area contributed by atoms with Crippen LogP contribution in [0.2, 0.25) is 0 Å². The zero-order chi connectivity index (χ0) is 52.2. The van der Waals surface area contributed by atoms with E-state index in [1.54, 1.807) is 35.3 Å². The summed E-state index contributed by atoms with van der Waals surface area (Å²) in [6.07, 6.45) is 14.3. The van der Waals surface area contributed by atoms with Gasteiger partial charge in [-0.2, -0.15) is 31.4 Å². The molecule has 2 aliphatic carbocycles. The van der Waals surface area contributed by atoms with E-state index in [0.29, 0.717) is 41.3 Å². The zero-order valence-corrected chi connectivity index (χ0v) is 43.3. The molecule has 2 aliphatic heterocycles. The molecule has 5 aromatic rings. The fourth-order valence-corrected chi connectivity index (χ4v) is 11.8. The fraction of sp³-hybridized carbons (Fsp3) is 0.603. The van der Waals surface area contributed by atoms with Gasteiger partial charge in [0.2, 0.25) is 0 Å². The van der Waals surface area contributed by atoms with Gasteiger partial charge in [0.15, 0.2) is 12.4 Å². The molecule has 424 valence electrons. The van der Waals surface area contributed by atoms with E-state index in [4.69, 9.17) is 4.74 Å². The minimum absolute atomic E-state index is 0. The number of ether oxygens (including phenoxy) is 1. The summed E-state index contributed by atoms with van der Waals surface area (Å²) in [5.74, 6) is 2.66. The summed E-state index contributed by atoms with van der Waals surface area (Å²) in [5, 5.41) is 8.66. The third-order valence-electron chi connectivity index (χ3n) is 15.1. The van der Waals surface area contributed by atoms with Gasteiger partial charge in [-0.05, 0) is 144 Å². The SMILES string of the molecule is C.C.C.Cc1ncc(/C=C/C(=O)CC2CCC(CCN3CCc4nc(OCC(F)(F)F)sc4CC3)CC2)cn1.Cn1cc2c(C(=O)NC3CCC(CCN4CCc5ccc(CCC(F)(F)F)nc5CC4)CC3)cccc2n1. The Morgan fingerprint density at radius 3 is 2.05 bits per heavy atom. The highest BCUT2D eigenvalue weighted by Gasteiger charge is 2.31. The number of aryl methyl sites for hydroxylation is 3. The smallest absolute Gasteiger partial charge is 0.422 e. The van der Waals surface area contributed by atoms with Crippen molar-refractivity contribution >= 4 is 40.0 Å². The Bertz CT molecular complexity index is 2630. The molecule has 0 atom stereocenters. The summed E-state index contributed by atoms with van der Waals surface area (Å²) < 4.78 is 81.4. The minimum Gasteiger partial charge on any atom is -0.460 e. The Balaban J connectivity index is 0.000000274. The number of thiazole rings is 1. The van der Waals surface area contributed by atoms with Crippen molar-refractivity contribution in [3.63, 3.8) is 0 Å². The minimum atomic E-state index is -4.34. The molecule has 12 nitrogen and oxygen atoms in total. The number of halogens is 6. The summed E-state index contributed by atoms with van der Waals surface area (Å²) in [4.78, 5) is 48.5. The van der Waals surface area contributed by atoms with Crippen LogP contribution in [0, 0.1) is 24.7 Å². The van der Waals surface area contributed by atoms with Gasteiger partial charge in [0.25, 0.3) is 11.1 Å². The molecule has 0 radical (unpaired) electrons. The second-order valence-electron chi connectivity index (χ2n) is 20.7. The Hall–Kier alpha value is -5.27. The molecular weight excluding hydrogens is 1020 g/mol. The lowest BCUT2D eigenvalue weighted by Crippen LogP contribution is -2.38. The number of aromatic nitrogens is 6. The lowest BCUT2D eigenvalue weighted by molar-refractivity contribution is -0.153. The van der Waals surface area contributed by atoms with Gasteiger partial charge in [-0.1, -0.05) is 58.6 Å². The van der Waals surface area contributed by atoms with Crippen LogP contribution in [-0.4, -0.2) is 115 Å². The lowest BCUT2D eigenvalue weighted by Gasteiger charge is -2.30. The van der Waals surface area contributed by atoms with Crippen molar-refractivity contribution in [2.75, 3.05) is 45.9 Å². The van der Waals surface area contributed by atoms with Crippen LogP contribution in [0.4, 0.5) is 26.3 Å². The molecule has 1 amide bonds. The van der Waals surface area contributed by atoms with Crippen LogP contribution in [0.15, 0.2) is 55.0 Å². The largest absolute Gasteiger partial charge is 0.460 e. The lowest BCUT2D eigenvalue weighted by atomic mass is 9.78. The number of fused-ring (bicyclic) bond motifs is 3. The molecule has 6 heterocycles. The standard InChI is InChI=1S/C29H36F3N5O.C26H33F3N4O2S.3CH4/c1-36-19-25-24(3-2-4-27(25)35-36)28(38)34-22-8-5-20(6-9-22)12-16-37-17-13-21-7-10-23(11-15-29(30,31)32)33-26(21)14-18-37;1-18-30-15-21(16-31-18)6-7-22(34)14-20-4-2-19(3-5-20)8-11-33-12-9-23-24(10-13-33)36-25(32-23)35-17-26(27,28)29;;;/h2-4,7,10,19-20,22H,5-6,8-9,11-18H2,1H3,(H,34,38);6-7,15-16,19-20H,2-5,8-14,17H2,1H3;3*1H4/b;7-6+;;;. The fourth-order valence-electron chi connectivity index (χ4n) is 10.8. The van der Waals surface area contributed by atoms with Gasteiger partial charge >= 0.3 is 12.4 Å². The molecule has 9 rings (SSSR count). The molecular formula is C58H81F6N9O3S. The summed E-state index contributed by atoms with van der Waals surface area (Å²) in [6, 6.07) is 9.61. The van der Waals surface area contributed by atoms with Crippen LogP contribution >= 0.6 is 11.3 Å². The highest BCUT2D eigenvalue weighted by molar-refractivity contribution is 7.13. The van der Waals surface area contributed by atoms with Crippen molar-refractivity contribution in [2.24, 2.45) is 24.8 Å². The van der Waals surface area contributed by atoms with Crippen LogP contribution in [0.5, 0.6) is 5.19 Å². The number of hydrogen-bond acceptors (Lipinski definition) is 11. The van der Waals surface area contributed by atoms with Crippen LogP contribution in [0.1, 0.15) is 149 Å². The van der Waals surface area contributed by atoms with E-state index in [1.165, 1.54) is 16.9 Å². The maximum atomic E-state index is 13.0. The third kappa shape index (κ3) is 19.5. The number of benzene rings is 1. The predicted octanol–water partition coefficient (Wildman–Crippen LogP) is 12.6. The van der Waals surface area contributed by atoms with Crippen molar-refractivity contribution in [3.05, 3.63) is 99.5 Å². The van der Waals surface area contributed by atoms with Gasteiger partial charge in [-0.3, -0.25) is 19.3 Å². The molecule has 77 heavy (non-hydrogen) atoms. The molecule has 0 unspecified atom stereocenters. The summed E-state index contributed by atoms with van der Waals surface area (Å²) >= 11 is 1.25. The number of alkyl halides is 6. The van der Waals surface area contributed by atoms with Crippen LogP contribution in [0.25, 0.3) is 17.0 Å². The number of ketones is 1. The van der Waals surface area contributed by atoms with Crippen molar-refractivity contribution < 1.29 is 40.7 Å². The van der Waals surface area contributed by atoms with E-state index in [-0.39, 0.29) is 51.6 Å². The molecule has 0 spiro atoms. The van der Waals surface area contributed by atoms with Crippen molar-refractivity contribution in [1.82, 2.24) is 44.8 Å². The van der Waals surface area contributed by atoms with E-state index < -0.39 is 25.4 Å². The second kappa shape index (κ2) is 29.1. The van der Waals surface area contributed by atoms with Crippen LogP contribution in [0.3, 0.4) is 0 Å². The van der Waals surface area contributed by atoms with Gasteiger partial charge in [0, 0.05) is 111 Å². The molecule has 0 saturated heterocycles. The maximum Gasteiger partial charge on any atom is 0.422 e. The first-order chi connectivity index (χ1) is 35.5. The summed E-state index contributed by atoms with van der Waals surface area (Å²) in [6.45, 7) is 6.23. The van der Waals surface area contributed by atoms with E-state index in [9.17, 15) is 35.9 Å². The molecule has 1 aromatic carbocycles. The second-order valence-corrected chi connectivity index (χ2v) is 21.8. The molecule has 2 saturated carbocycles.